The van der Waals surface area contributed by atoms with Crippen molar-refractivity contribution in [1.29, 1.82) is 0 Å². The van der Waals surface area contributed by atoms with Crippen molar-refractivity contribution in [1.82, 2.24) is 10.2 Å². The molecule has 8 heteroatoms. The van der Waals surface area contributed by atoms with E-state index in [1.54, 1.807) is 21.3 Å². The molecule has 0 bridgehead atoms. The summed E-state index contributed by atoms with van der Waals surface area (Å²) in [7, 11) is 7.21. The number of hydrogen-bond donors (Lipinski definition) is 2. The Morgan fingerprint density at radius 1 is 1.19 bits per heavy atom. The number of rotatable bonds is 11. The Bertz CT molecular complexity index is 529. The van der Waals surface area contributed by atoms with E-state index in [1.807, 2.05) is 25.1 Å². The number of nitrogens with one attached hydrogen (secondary N) is 2. The van der Waals surface area contributed by atoms with Crippen LogP contribution in [-0.2, 0) is 4.74 Å². The van der Waals surface area contributed by atoms with Crippen LogP contribution < -0.4 is 20.1 Å². The zero-order chi connectivity index (χ0) is 18.5. The predicted molar refractivity (Wildman–Crippen MR) is 119 cm³/mol. The second-order valence-corrected chi connectivity index (χ2v) is 5.57. The van der Waals surface area contributed by atoms with E-state index >= 15 is 0 Å². The summed E-state index contributed by atoms with van der Waals surface area (Å²) in [4.78, 5) is 6.51. The fourth-order valence-corrected chi connectivity index (χ4v) is 2.25. The van der Waals surface area contributed by atoms with Crippen LogP contribution in [0.2, 0.25) is 0 Å². The second-order valence-electron chi connectivity index (χ2n) is 5.57. The molecule has 1 aromatic carbocycles. The number of guanidine groups is 1. The zero-order valence-electron chi connectivity index (χ0n) is 16.5. The summed E-state index contributed by atoms with van der Waals surface area (Å²) in [6.45, 7) is 6.07. The third-order valence-corrected chi connectivity index (χ3v) is 3.64. The maximum atomic E-state index is 5.60. The molecule has 0 atom stereocenters. The summed E-state index contributed by atoms with van der Waals surface area (Å²) in [5.74, 6) is 2.16. The Labute approximate surface area is 174 Å². The van der Waals surface area contributed by atoms with Crippen LogP contribution in [0.5, 0.6) is 11.5 Å². The van der Waals surface area contributed by atoms with Crippen molar-refractivity contribution in [3.63, 3.8) is 0 Å². The molecule has 0 aliphatic carbocycles. The number of nitrogens with zero attached hydrogens (tertiary/aromatic N) is 2. The van der Waals surface area contributed by atoms with Crippen molar-refractivity contribution in [2.24, 2.45) is 4.99 Å². The molecule has 1 aromatic rings. The van der Waals surface area contributed by atoms with Gasteiger partial charge < -0.3 is 29.7 Å². The van der Waals surface area contributed by atoms with Gasteiger partial charge in [0.25, 0.3) is 0 Å². The Morgan fingerprint density at radius 3 is 2.58 bits per heavy atom. The Kier molecular flexibility index (Phi) is 14.1. The maximum Gasteiger partial charge on any atom is 0.195 e. The minimum absolute atomic E-state index is 0. The first-order valence-corrected chi connectivity index (χ1v) is 8.60. The highest BCUT2D eigenvalue weighted by Gasteiger charge is 2.07. The molecule has 0 fully saturated rings. The van der Waals surface area contributed by atoms with Crippen LogP contribution in [0.25, 0.3) is 0 Å². The molecule has 0 aliphatic rings. The van der Waals surface area contributed by atoms with Crippen molar-refractivity contribution >= 4 is 35.6 Å². The van der Waals surface area contributed by atoms with Crippen LogP contribution in [0.1, 0.15) is 13.3 Å². The van der Waals surface area contributed by atoms with Gasteiger partial charge in [-0.1, -0.05) is 0 Å². The van der Waals surface area contributed by atoms with Gasteiger partial charge in [-0.3, -0.25) is 4.99 Å². The van der Waals surface area contributed by atoms with Crippen molar-refractivity contribution in [3.8, 4) is 11.5 Å². The summed E-state index contributed by atoms with van der Waals surface area (Å²) in [6, 6.07) is 5.73. The first-order valence-electron chi connectivity index (χ1n) is 8.60. The quantitative estimate of drug-likeness (QED) is 0.220. The Hall–Kier alpha value is -1.26. The molecular formula is C18H33IN4O3. The fourth-order valence-electron chi connectivity index (χ4n) is 2.25. The molecule has 0 saturated carbocycles. The van der Waals surface area contributed by atoms with E-state index in [4.69, 9.17) is 14.2 Å². The number of benzene rings is 1. The van der Waals surface area contributed by atoms with Gasteiger partial charge in [-0.05, 0) is 39.1 Å². The molecule has 0 spiro atoms. The molecule has 0 aromatic heterocycles. The minimum Gasteiger partial charge on any atom is -0.493 e. The van der Waals surface area contributed by atoms with Crippen molar-refractivity contribution in [3.05, 3.63) is 18.2 Å². The highest BCUT2D eigenvalue weighted by Crippen LogP contribution is 2.30. The lowest BCUT2D eigenvalue weighted by atomic mass is 10.2. The van der Waals surface area contributed by atoms with Gasteiger partial charge in [0.2, 0.25) is 0 Å². The zero-order valence-corrected chi connectivity index (χ0v) is 18.8. The SMILES string of the molecule is CCOc1cc(NC(=NC)NCCCN(C)CCOC)ccc1OC.I. The van der Waals surface area contributed by atoms with Gasteiger partial charge in [0.15, 0.2) is 17.5 Å². The van der Waals surface area contributed by atoms with E-state index in [0.29, 0.717) is 12.4 Å². The van der Waals surface area contributed by atoms with Crippen LogP contribution in [-0.4, -0.2) is 72.0 Å². The normalized spacial score (nSPS) is 11.1. The topological polar surface area (TPSA) is 67.4 Å². The van der Waals surface area contributed by atoms with Gasteiger partial charge in [-0.2, -0.15) is 0 Å². The third-order valence-electron chi connectivity index (χ3n) is 3.64. The van der Waals surface area contributed by atoms with Crippen LogP contribution in [0.4, 0.5) is 5.69 Å². The molecule has 0 heterocycles. The average Bonchev–Trinajstić information content (AvgIpc) is 2.63. The smallest absolute Gasteiger partial charge is 0.195 e. The Balaban J connectivity index is 0.00000625. The average molecular weight is 480 g/mol. The number of hydrogen-bond acceptors (Lipinski definition) is 5. The number of methoxy groups -OCH3 is 2. The van der Waals surface area contributed by atoms with Crippen molar-refractivity contribution in [2.75, 3.05) is 66.5 Å². The minimum atomic E-state index is 0. The van der Waals surface area contributed by atoms with E-state index in [1.165, 1.54) is 0 Å². The molecule has 1 rings (SSSR count). The number of halogens is 1. The molecule has 150 valence electrons. The molecular weight excluding hydrogens is 447 g/mol. The second kappa shape index (κ2) is 14.9. The number of likely N-dealkylation sites (N-methyl/N-ethyl adjacent to an activating group) is 1. The number of anilines is 1. The first kappa shape index (κ1) is 24.7. The molecule has 0 aliphatic heterocycles. The summed E-state index contributed by atoms with van der Waals surface area (Å²) < 4.78 is 16.0. The monoisotopic (exact) mass is 480 g/mol. The molecule has 0 saturated heterocycles. The van der Waals surface area contributed by atoms with Crippen LogP contribution in [0.15, 0.2) is 23.2 Å². The van der Waals surface area contributed by atoms with Gasteiger partial charge >= 0.3 is 0 Å². The van der Waals surface area contributed by atoms with Gasteiger partial charge in [0, 0.05) is 39.0 Å². The largest absolute Gasteiger partial charge is 0.493 e. The molecule has 0 unspecified atom stereocenters. The summed E-state index contributed by atoms with van der Waals surface area (Å²) in [5.41, 5.74) is 0.898. The fraction of sp³-hybridized carbons (Fsp3) is 0.611. The molecule has 0 amide bonds. The number of aliphatic imine (C=N–C) groups is 1. The molecule has 2 N–H and O–H groups in total. The van der Waals surface area contributed by atoms with Crippen LogP contribution >= 0.6 is 24.0 Å². The maximum absolute atomic E-state index is 5.60. The van der Waals surface area contributed by atoms with Gasteiger partial charge in [0.1, 0.15) is 0 Å². The van der Waals surface area contributed by atoms with Gasteiger partial charge in [-0.15, -0.1) is 24.0 Å². The molecule has 0 radical (unpaired) electrons. The van der Waals surface area contributed by atoms with E-state index in [-0.39, 0.29) is 24.0 Å². The lowest BCUT2D eigenvalue weighted by Crippen LogP contribution is -2.33. The molecule has 7 nitrogen and oxygen atoms in total. The lowest BCUT2D eigenvalue weighted by Gasteiger charge is -2.17. The predicted octanol–water partition coefficient (Wildman–Crippen LogP) is 2.67. The van der Waals surface area contributed by atoms with E-state index in [0.717, 1.165) is 50.1 Å². The van der Waals surface area contributed by atoms with E-state index in [9.17, 15) is 0 Å². The lowest BCUT2D eigenvalue weighted by molar-refractivity contribution is 0.161. The standard InChI is InChI=1S/C18H32N4O3.HI/c1-6-25-17-14-15(8-9-16(17)24-5)21-18(19-2)20-10-7-11-22(3)12-13-23-4;/h8-9,14H,6-7,10-13H2,1-5H3,(H2,19,20,21);1H. The van der Waals surface area contributed by atoms with Crippen molar-refractivity contribution in [2.45, 2.75) is 13.3 Å². The highest BCUT2D eigenvalue weighted by atomic mass is 127. The Morgan fingerprint density at radius 2 is 1.96 bits per heavy atom. The molecule has 26 heavy (non-hydrogen) atoms. The van der Waals surface area contributed by atoms with Gasteiger partial charge in [-0.25, -0.2) is 0 Å². The third kappa shape index (κ3) is 9.44. The number of ether oxygens (including phenoxy) is 3. The van der Waals surface area contributed by atoms with E-state index in [2.05, 4.69) is 27.6 Å². The summed E-state index contributed by atoms with van der Waals surface area (Å²) in [5, 5.41) is 6.59. The van der Waals surface area contributed by atoms with Crippen LogP contribution in [0.3, 0.4) is 0 Å². The van der Waals surface area contributed by atoms with Crippen LogP contribution in [0, 0.1) is 0 Å². The first-order chi connectivity index (χ1) is 12.1. The summed E-state index contributed by atoms with van der Waals surface area (Å²) >= 11 is 0. The van der Waals surface area contributed by atoms with E-state index < -0.39 is 0 Å². The van der Waals surface area contributed by atoms with Gasteiger partial charge in [0.05, 0.1) is 20.3 Å². The van der Waals surface area contributed by atoms with Crippen molar-refractivity contribution < 1.29 is 14.2 Å². The summed E-state index contributed by atoms with van der Waals surface area (Å²) in [6.07, 6.45) is 1.02. The highest BCUT2D eigenvalue weighted by molar-refractivity contribution is 14.0.